The van der Waals surface area contributed by atoms with Crippen LogP contribution in [0, 0.1) is 0 Å². The summed E-state index contributed by atoms with van der Waals surface area (Å²) in [5.74, 6) is 6.20. The molecule has 0 saturated heterocycles. The first kappa shape index (κ1) is 14.4. The fraction of sp³-hybridized carbons (Fsp3) is 0.727. The molecule has 1 aromatic rings. The van der Waals surface area contributed by atoms with Crippen molar-refractivity contribution in [3.05, 3.63) is 0 Å². The van der Waals surface area contributed by atoms with Crippen LogP contribution in [0.4, 0.5) is 11.9 Å². The van der Waals surface area contributed by atoms with Crippen molar-refractivity contribution in [1.29, 1.82) is 0 Å². The normalized spacial score (nSPS) is 12.1. The van der Waals surface area contributed by atoms with Gasteiger partial charge in [-0.2, -0.15) is 15.0 Å². The van der Waals surface area contributed by atoms with Crippen LogP contribution < -0.4 is 20.9 Å². The van der Waals surface area contributed by atoms with Gasteiger partial charge in [-0.25, -0.2) is 5.84 Å². The molecule has 0 aliphatic heterocycles. The maximum atomic E-state index is 5.34. The first-order chi connectivity index (χ1) is 8.62. The number of aromatic nitrogens is 3. The van der Waals surface area contributed by atoms with Crippen LogP contribution in [0.5, 0.6) is 6.01 Å². The van der Waals surface area contributed by atoms with Crippen molar-refractivity contribution in [2.45, 2.75) is 39.7 Å². The molecule has 7 heteroatoms. The smallest absolute Gasteiger partial charge is 0.323 e. The molecule has 1 aromatic heterocycles. The van der Waals surface area contributed by atoms with E-state index in [-0.39, 0.29) is 6.01 Å². The zero-order valence-electron chi connectivity index (χ0n) is 11.5. The Labute approximate surface area is 108 Å². The predicted octanol–water partition coefficient (Wildman–Crippen LogP) is 1.18. The third-order valence-electron chi connectivity index (χ3n) is 2.69. The maximum Gasteiger partial charge on any atom is 0.323 e. The Morgan fingerprint density at radius 2 is 2.06 bits per heavy atom. The molecule has 0 spiro atoms. The molecule has 1 unspecified atom stereocenters. The summed E-state index contributed by atoms with van der Waals surface area (Å²) in [5.41, 5.74) is 2.42. The van der Waals surface area contributed by atoms with Crippen molar-refractivity contribution in [2.24, 2.45) is 5.84 Å². The van der Waals surface area contributed by atoms with E-state index in [2.05, 4.69) is 34.2 Å². The van der Waals surface area contributed by atoms with E-state index in [9.17, 15) is 0 Å². The molecular weight excluding hydrogens is 232 g/mol. The number of nitrogens with two attached hydrogens (primary N) is 1. The van der Waals surface area contributed by atoms with Gasteiger partial charge in [0.05, 0.1) is 6.61 Å². The van der Waals surface area contributed by atoms with E-state index in [0.717, 1.165) is 12.8 Å². The van der Waals surface area contributed by atoms with Gasteiger partial charge in [-0.15, -0.1) is 0 Å². The van der Waals surface area contributed by atoms with Gasteiger partial charge in [-0.3, -0.25) is 5.43 Å². The van der Waals surface area contributed by atoms with Gasteiger partial charge in [0.25, 0.3) is 0 Å². The highest BCUT2D eigenvalue weighted by Gasteiger charge is 2.15. The highest BCUT2D eigenvalue weighted by atomic mass is 16.5. The minimum atomic E-state index is 0.283. The van der Waals surface area contributed by atoms with E-state index >= 15 is 0 Å². The number of ether oxygens (including phenoxy) is 1. The Morgan fingerprint density at radius 1 is 1.33 bits per heavy atom. The molecule has 3 N–H and O–H groups in total. The highest BCUT2D eigenvalue weighted by Crippen LogP contribution is 2.17. The molecule has 0 aliphatic carbocycles. The topological polar surface area (TPSA) is 89.2 Å². The largest absolute Gasteiger partial charge is 0.464 e. The van der Waals surface area contributed by atoms with Crippen molar-refractivity contribution >= 4 is 11.9 Å². The van der Waals surface area contributed by atoms with Gasteiger partial charge in [-0.05, 0) is 20.3 Å². The fourth-order valence-corrected chi connectivity index (χ4v) is 1.57. The van der Waals surface area contributed by atoms with Crippen molar-refractivity contribution in [2.75, 3.05) is 24.0 Å². The van der Waals surface area contributed by atoms with Crippen molar-refractivity contribution in [1.82, 2.24) is 15.0 Å². The number of hydrogen-bond acceptors (Lipinski definition) is 7. The molecule has 0 bridgehead atoms. The quantitative estimate of drug-likeness (QED) is 0.558. The number of hydrogen-bond donors (Lipinski definition) is 2. The van der Waals surface area contributed by atoms with Gasteiger partial charge in [0.1, 0.15) is 0 Å². The molecule has 1 heterocycles. The molecule has 18 heavy (non-hydrogen) atoms. The van der Waals surface area contributed by atoms with Gasteiger partial charge in [0.15, 0.2) is 0 Å². The monoisotopic (exact) mass is 254 g/mol. The van der Waals surface area contributed by atoms with Crippen LogP contribution >= 0.6 is 0 Å². The van der Waals surface area contributed by atoms with Crippen LogP contribution in [0.25, 0.3) is 0 Å². The van der Waals surface area contributed by atoms with Crippen molar-refractivity contribution in [3.63, 3.8) is 0 Å². The van der Waals surface area contributed by atoms with Crippen LogP contribution in [-0.2, 0) is 0 Å². The SMILES string of the molecule is CCCC(C)N(C)c1nc(NN)nc(OCC)n1. The van der Waals surface area contributed by atoms with Crippen LogP contribution in [0.2, 0.25) is 0 Å². The summed E-state index contributed by atoms with van der Waals surface area (Å²) in [4.78, 5) is 14.5. The van der Waals surface area contributed by atoms with Crippen molar-refractivity contribution in [3.8, 4) is 6.01 Å². The van der Waals surface area contributed by atoms with E-state index in [4.69, 9.17) is 10.6 Å². The zero-order valence-corrected chi connectivity index (χ0v) is 11.5. The Hall–Kier alpha value is -1.63. The minimum absolute atomic E-state index is 0.283. The third kappa shape index (κ3) is 3.69. The van der Waals surface area contributed by atoms with E-state index in [1.54, 1.807) is 0 Å². The molecule has 0 fully saturated rings. The summed E-state index contributed by atoms with van der Waals surface area (Å²) in [6.45, 7) is 6.66. The Kier molecular flexibility index (Phi) is 5.57. The lowest BCUT2D eigenvalue weighted by Crippen LogP contribution is -2.31. The van der Waals surface area contributed by atoms with Gasteiger partial charge in [0, 0.05) is 13.1 Å². The number of nitrogens with zero attached hydrogens (tertiary/aromatic N) is 4. The summed E-state index contributed by atoms with van der Waals surface area (Å²) >= 11 is 0. The number of hydrazine groups is 1. The van der Waals surface area contributed by atoms with E-state index < -0.39 is 0 Å². The summed E-state index contributed by atoms with van der Waals surface area (Å²) in [7, 11) is 1.95. The molecule has 0 aliphatic rings. The van der Waals surface area contributed by atoms with Crippen LogP contribution in [-0.4, -0.2) is 34.6 Å². The number of anilines is 2. The second-order valence-corrected chi connectivity index (χ2v) is 4.07. The lowest BCUT2D eigenvalue weighted by atomic mass is 10.2. The highest BCUT2D eigenvalue weighted by molar-refractivity contribution is 5.37. The lowest BCUT2D eigenvalue weighted by molar-refractivity contribution is 0.312. The average Bonchev–Trinajstić information content (AvgIpc) is 2.38. The lowest BCUT2D eigenvalue weighted by Gasteiger charge is -2.24. The van der Waals surface area contributed by atoms with Gasteiger partial charge < -0.3 is 9.64 Å². The molecule has 0 saturated carbocycles. The van der Waals surface area contributed by atoms with Crippen LogP contribution in [0.1, 0.15) is 33.6 Å². The molecule has 102 valence electrons. The Morgan fingerprint density at radius 3 is 2.61 bits per heavy atom. The van der Waals surface area contributed by atoms with Crippen LogP contribution in [0.15, 0.2) is 0 Å². The number of nitrogen functional groups attached to an aromatic ring is 1. The third-order valence-corrected chi connectivity index (χ3v) is 2.69. The molecule has 1 atom stereocenters. The molecule has 0 amide bonds. The standard InChI is InChI=1S/C11H22N6O/c1-5-7-8(3)17(4)10-13-9(16-12)14-11(15-10)18-6-2/h8H,5-7,12H2,1-4H3,(H,13,14,15,16). The zero-order chi connectivity index (χ0) is 13.5. The Balaban J connectivity index is 2.95. The first-order valence-electron chi connectivity index (χ1n) is 6.20. The molecule has 7 nitrogen and oxygen atoms in total. The van der Waals surface area contributed by atoms with Gasteiger partial charge >= 0.3 is 6.01 Å². The van der Waals surface area contributed by atoms with Gasteiger partial charge in [0.2, 0.25) is 11.9 Å². The first-order valence-corrected chi connectivity index (χ1v) is 6.20. The van der Waals surface area contributed by atoms with Crippen LogP contribution in [0.3, 0.4) is 0 Å². The summed E-state index contributed by atoms with van der Waals surface area (Å²) in [6, 6.07) is 0.628. The van der Waals surface area contributed by atoms with Crippen molar-refractivity contribution < 1.29 is 4.74 Å². The second-order valence-electron chi connectivity index (χ2n) is 4.07. The maximum absolute atomic E-state index is 5.34. The van der Waals surface area contributed by atoms with E-state index in [1.165, 1.54) is 0 Å². The average molecular weight is 254 g/mol. The van der Waals surface area contributed by atoms with E-state index in [1.807, 2.05) is 18.9 Å². The molecule has 0 radical (unpaired) electrons. The van der Waals surface area contributed by atoms with E-state index in [0.29, 0.717) is 24.5 Å². The molecular formula is C11H22N6O. The summed E-state index contributed by atoms with van der Waals surface area (Å²) in [5, 5.41) is 0. The van der Waals surface area contributed by atoms with Gasteiger partial charge in [-0.1, -0.05) is 13.3 Å². The fourth-order valence-electron chi connectivity index (χ4n) is 1.57. The minimum Gasteiger partial charge on any atom is -0.464 e. The number of rotatable bonds is 7. The summed E-state index contributed by atoms with van der Waals surface area (Å²) < 4.78 is 5.29. The molecule has 1 rings (SSSR count). The Bertz CT molecular complexity index is 373. The summed E-state index contributed by atoms with van der Waals surface area (Å²) in [6.07, 6.45) is 2.18. The molecule has 0 aromatic carbocycles. The number of nitrogens with one attached hydrogen (secondary N) is 1. The second kappa shape index (κ2) is 6.95. The predicted molar refractivity (Wildman–Crippen MR) is 71.6 cm³/mol.